The minimum atomic E-state index is -3.88. The van der Waals surface area contributed by atoms with Gasteiger partial charge in [-0.05, 0) is 6.92 Å². The van der Waals surface area contributed by atoms with Crippen molar-refractivity contribution in [2.75, 3.05) is 12.9 Å². The van der Waals surface area contributed by atoms with Gasteiger partial charge >= 0.3 is 5.97 Å². The summed E-state index contributed by atoms with van der Waals surface area (Å²) in [5.74, 6) is -1.65. The molecular weight excluding hydrogens is 256 g/mol. The summed E-state index contributed by atoms with van der Waals surface area (Å²) >= 11 is 0. The topological polar surface area (TPSA) is 80.7 Å². The average Bonchev–Trinajstić information content (AvgIpc) is 2.28. The smallest absolute Gasteiger partial charge is 0.353 e. The zero-order chi connectivity index (χ0) is 13.8. The van der Waals surface area contributed by atoms with Crippen molar-refractivity contribution >= 4 is 21.6 Å². The molecule has 0 fully saturated rings. The van der Waals surface area contributed by atoms with Gasteiger partial charge in [0.05, 0.1) is 6.61 Å². The SMILES string of the molecule is CCOC(=O)/C(=C(\O)c1ccccc1)S(C)(=O)=O. The van der Waals surface area contributed by atoms with Crippen LogP contribution in [0.5, 0.6) is 0 Å². The molecule has 98 valence electrons. The minimum absolute atomic E-state index is 0.0277. The van der Waals surface area contributed by atoms with E-state index < -0.39 is 26.5 Å². The van der Waals surface area contributed by atoms with Crippen molar-refractivity contribution in [1.82, 2.24) is 0 Å². The van der Waals surface area contributed by atoms with E-state index in [9.17, 15) is 18.3 Å². The summed E-state index contributed by atoms with van der Waals surface area (Å²) in [7, 11) is -3.88. The molecule has 0 bridgehead atoms. The molecule has 0 aliphatic carbocycles. The summed E-state index contributed by atoms with van der Waals surface area (Å²) in [6.45, 7) is 1.58. The van der Waals surface area contributed by atoms with E-state index in [1.807, 2.05) is 0 Å². The van der Waals surface area contributed by atoms with E-state index in [-0.39, 0.29) is 12.2 Å². The summed E-state index contributed by atoms with van der Waals surface area (Å²) in [5, 5.41) is 9.91. The number of carbonyl (C=O) groups is 1. The number of carbonyl (C=O) groups excluding carboxylic acids is 1. The number of hydrogen-bond acceptors (Lipinski definition) is 5. The number of sulfone groups is 1. The van der Waals surface area contributed by atoms with Gasteiger partial charge in [0.15, 0.2) is 14.7 Å². The van der Waals surface area contributed by atoms with Gasteiger partial charge in [-0.25, -0.2) is 13.2 Å². The van der Waals surface area contributed by atoms with Crippen LogP contribution in [0.3, 0.4) is 0 Å². The van der Waals surface area contributed by atoms with Crippen molar-refractivity contribution in [1.29, 1.82) is 0 Å². The molecule has 5 nitrogen and oxygen atoms in total. The first-order valence-corrected chi connectivity index (χ1v) is 7.13. The Hall–Kier alpha value is -1.82. The van der Waals surface area contributed by atoms with Gasteiger partial charge in [0.25, 0.3) is 0 Å². The number of esters is 1. The Bertz CT molecular complexity index is 557. The van der Waals surface area contributed by atoms with Crippen LogP contribution in [0.1, 0.15) is 12.5 Å². The fourth-order valence-electron chi connectivity index (χ4n) is 1.35. The summed E-state index contributed by atoms with van der Waals surface area (Å²) < 4.78 is 27.7. The van der Waals surface area contributed by atoms with E-state index in [4.69, 9.17) is 0 Å². The Morgan fingerprint density at radius 1 is 1.28 bits per heavy atom. The van der Waals surface area contributed by atoms with Crippen molar-refractivity contribution in [3.8, 4) is 0 Å². The lowest BCUT2D eigenvalue weighted by molar-refractivity contribution is -0.137. The molecule has 0 spiro atoms. The highest BCUT2D eigenvalue weighted by atomic mass is 32.2. The fraction of sp³-hybridized carbons (Fsp3) is 0.250. The molecule has 1 aromatic carbocycles. The molecule has 0 amide bonds. The number of ether oxygens (including phenoxy) is 1. The molecule has 0 heterocycles. The van der Waals surface area contributed by atoms with Gasteiger partial charge < -0.3 is 9.84 Å². The standard InChI is InChI=1S/C12H14O5S/c1-3-17-12(14)11(18(2,15)16)10(13)9-7-5-4-6-8-9/h4-8,13H,3H2,1-2H3/b11-10+. The molecule has 0 saturated heterocycles. The van der Waals surface area contributed by atoms with Crippen molar-refractivity contribution in [3.63, 3.8) is 0 Å². The molecule has 1 N–H and O–H groups in total. The first-order valence-electron chi connectivity index (χ1n) is 5.23. The first kappa shape index (κ1) is 14.2. The second-order valence-electron chi connectivity index (χ2n) is 3.54. The van der Waals surface area contributed by atoms with Crippen LogP contribution in [0.25, 0.3) is 5.76 Å². The van der Waals surface area contributed by atoms with E-state index in [0.717, 1.165) is 6.26 Å². The van der Waals surface area contributed by atoms with Gasteiger partial charge in [-0.2, -0.15) is 0 Å². The van der Waals surface area contributed by atoms with Crippen LogP contribution in [-0.2, 0) is 19.4 Å². The Morgan fingerprint density at radius 3 is 2.28 bits per heavy atom. The Morgan fingerprint density at radius 2 is 1.83 bits per heavy atom. The third kappa shape index (κ3) is 3.33. The minimum Gasteiger partial charge on any atom is -0.506 e. The van der Waals surface area contributed by atoms with Crippen molar-refractivity contribution < 1.29 is 23.1 Å². The van der Waals surface area contributed by atoms with Crippen LogP contribution >= 0.6 is 0 Å². The van der Waals surface area contributed by atoms with Crippen LogP contribution in [-0.4, -0.2) is 32.4 Å². The zero-order valence-corrected chi connectivity index (χ0v) is 10.9. The maximum Gasteiger partial charge on any atom is 0.353 e. The molecule has 0 atom stereocenters. The van der Waals surface area contributed by atoms with Crippen LogP contribution in [0.4, 0.5) is 0 Å². The highest BCUT2D eigenvalue weighted by Gasteiger charge is 2.27. The molecule has 6 heteroatoms. The molecule has 18 heavy (non-hydrogen) atoms. The van der Waals surface area contributed by atoms with Gasteiger partial charge in [-0.1, -0.05) is 30.3 Å². The quantitative estimate of drug-likeness (QED) is 0.509. The summed E-state index contributed by atoms with van der Waals surface area (Å²) in [5.41, 5.74) is 0.242. The monoisotopic (exact) mass is 270 g/mol. The summed E-state index contributed by atoms with van der Waals surface area (Å²) in [6.07, 6.45) is 0.846. The van der Waals surface area contributed by atoms with Gasteiger partial charge in [0, 0.05) is 11.8 Å². The van der Waals surface area contributed by atoms with Gasteiger partial charge in [-0.3, -0.25) is 0 Å². The van der Waals surface area contributed by atoms with Gasteiger partial charge in [-0.15, -0.1) is 0 Å². The lowest BCUT2D eigenvalue weighted by atomic mass is 10.2. The van der Waals surface area contributed by atoms with Crippen LogP contribution < -0.4 is 0 Å². The molecule has 0 aliphatic rings. The number of benzene rings is 1. The number of hydrogen-bond donors (Lipinski definition) is 1. The Balaban J connectivity index is 3.39. The van der Waals surface area contributed by atoms with Crippen molar-refractivity contribution in [3.05, 3.63) is 40.8 Å². The molecular formula is C12H14O5S. The Kier molecular flexibility index (Phi) is 4.49. The molecule has 0 saturated carbocycles. The second-order valence-corrected chi connectivity index (χ2v) is 5.49. The van der Waals surface area contributed by atoms with E-state index >= 15 is 0 Å². The van der Waals surface area contributed by atoms with E-state index in [1.165, 1.54) is 12.1 Å². The van der Waals surface area contributed by atoms with Crippen molar-refractivity contribution in [2.45, 2.75) is 6.92 Å². The van der Waals surface area contributed by atoms with Crippen molar-refractivity contribution in [2.24, 2.45) is 0 Å². The van der Waals surface area contributed by atoms with E-state index in [2.05, 4.69) is 4.74 Å². The molecule has 0 radical (unpaired) electrons. The zero-order valence-electron chi connectivity index (χ0n) is 10.1. The molecule has 0 aromatic heterocycles. The Labute approximate surface area is 106 Å². The predicted molar refractivity (Wildman–Crippen MR) is 67.5 cm³/mol. The van der Waals surface area contributed by atoms with Gasteiger partial charge in [0.1, 0.15) is 5.76 Å². The number of rotatable bonds is 4. The number of aliphatic hydroxyl groups excluding tert-OH is 1. The third-order valence-corrected chi connectivity index (χ3v) is 3.20. The average molecular weight is 270 g/mol. The second kappa shape index (κ2) is 5.68. The predicted octanol–water partition coefficient (Wildman–Crippen LogP) is 1.52. The van der Waals surface area contributed by atoms with Crippen LogP contribution in [0.15, 0.2) is 35.2 Å². The normalized spacial score (nSPS) is 12.8. The molecule has 1 rings (SSSR count). The fourth-order valence-corrected chi connectivity index (χ4v) is 2.18. The maximum atomic E-state index is 11.6. The third-order valence-electron chi connectivity index (χ3n) is 2.09. The van der Waals surface area contributed by atoms with E-state index in [1.54, 1.807) is 25.1 Å². The van der Waals surface area contributed by atoms with Crippen LogP contribution in [0, 0.1) is 0 Å². The summed E-state index contributed by atoms with van der Waals surface area (Å²) in [4.78, 5) is 10.9. The van der Waals surface area contributed by atoms with Gasteiger partial charge in [0.2, 0.25) is 0 Å². The highest BCUT2D eigenvalue weighted by Crippen LogP contribution is 2.20. The molecule has 1 aromatic rings. The highest BCUT2D eigenvalue weighted by molar-refractivity contribution is 7.95. The lowest BCUT2D eigenvalue weighted by Crippen LogP contribution is -2.17. The molecule has 0 aliphatic heterocycles. The van der Waals surface area contributed by atoms with E-state index in [0.29, 0.717) is 0 Å². The van der Waals surface area contributed by atoms with Crippen LogP contribution in [0.2, 0.25) is 0 Å². The first-order chi connectivity index (χ1) is 8.38. The summed E-state index contributed by atoms with van der Waals surface area (Å²) in [6, 6.07) is 7.95. The lowest BCUT2D eigenvalue weighted by Gasteiger charge is -2.08. The largest absolute Gasteiger partial charge is 0.506 e. The molecule has 0 unspecified atom stereocenters. The maximum absolute atomic E-state index is 11.6. The number of aliphatic hydroxyl groups is 1.